The second kappa shape index (κ2) is 4.38. The molecule has 1 aliphatic rings. The second-order valence-corrected chi connectivity index (χ2v) is 4.14. The number of hydrogen-bond acceptors (Lipinski definition) is 2. The average Bonchev–Trinajstić information content (AvgIpc) is 2.89. The van der Waals surface area contributed by atoms with Crippen LogP contribution < -0.4 is 4.74 Å². The summed E-state index contributed by atoms with van der Waals surface area (Å²) in [6.45, 7) is 0. The first kappa shape index (κ1) is 10.6. The monoisotopic (exact) mass is 233 g/mol. The first-order chi connectivity index (χ1) is 8.88. The van der Waals surface area contributed by atoms with E-state index in [1.54, 1.807) is 6.07 Å². The molecule has 0 spiro atoms. The summed E-state index contributed by atoms with van der Waals surface area (Å²) in [5.74, 6) is 1.44. The third kappa shape index (κ3) is 1.76. The van der Waals surface area contributed by atoms with Crippen molar-refractivity contribution in [2.24, 2.45) is 0 Å². The summed E-state index contributed by atoms with van der Waals surface area (Å²) in [4.78, 5) is 0. The van der Waals surface area contributed by atoms with Crippen LogP contribution in [0.1, 0.15) is 16.7 Å². The summed E-state index contributed by atoms with van der Waals surface area (Å²) in [7, 11) is 0. The van der Waals surface area contributed by atoms with Crippen molar-refractivity contribution in [1.82, 2.24) is 0 Å². The molecule has 2 aromatic carbocycles. The lowest BCUT2D eigenvalue weighted by atomic mass is 10.1. The largest absolute Gasteiger partial charge is 0.456 e. The highest BCUT2D eigenvalue weighted by atomic mass is 16.5. The van der Waals surface area contributed by atoms with Gasteiger partial charge in [-0.1, -0.05) is 36.4 Å². The topological polar surface area (TPSA) is 33.0 Å². The number of hydrogen-bond donors (Lipinski definition) is 0. The third-order valence-electron chi connectivity index (χ3n) is 3.02. The van der Waals surface area contributed by atoms with E-state index in [0.717, 1.165) is 12.2 Å². The van der Waals surface area contributed by atoms with Gasteiger partial charge < -0.3 is 4.74 Å². The van der Waals surface area contributed by atoms with Gasteiger partial charge in [0.25, 0.3) is 0 Å². The molecule has 0 N–H and O–H groups in total. The standard InChI is InChI=1S/C16H11NO/c17-11-13-5-1-2-9-15(13)18-16-10-4-7-12-6-3-8-14(12)16/h1-7,9-10H,8H2. The smallest absolute Gasteiger partial charge is 0.145 e. The van der Waals surface area contributed by atoms with E-state index in [9.17, 15) is 0 Å². The predicted octanol–water partition coefficient (Wildman–Crippen LogP) is 3.92. The Morgan fingerprint density at radius 3 is 2.72 bits per heavy atom. The maximum absolute atomic E-state index is 9.05. The number of allylic oxidation sites excluding steroid dienone is 1. The zero-order chi connectivity index (χ0) is 12.4. The summed E-state index contributed by atoms with van der Waals surface area (Å²) in [6, 6.07) is 15.4. The fourth-order valence-electron chi connectivity index (χ4n) is 2.12. The van der Waals surface area contributed by atoms with Crippen LogP contribution in [0.2, 0.25) is 0 Å². The SMILES string of the molecule is N#Cc1ccccc1Oc1cccc2c1CC=C2. The molecule has 2 aromatic rings. The van der Waals surface area contributed by atoms with Crippen LogP contribution in [0.25, 0.3) is 6.08 Å². The Bertz CT molecular complexity index is 665. The van der Waals surface area contributed by atoms with E-state index in [0.29, 0.717) is 11.3 Å². The van der Waals surface area contributed by atoms with Gasteiger partial charge in [-0.05, 0) is 30.2 Å². The van der Waals surface area contributed by atoms with Crippen molar-refractivity contribution < 1.29 is 4.74 Å². The van der Waals surface area contributed by atoms with Gasteiger partial charge in [-0.15, -0.1) is 0 Å². The maximum atomic E-state index is 9.05. The van der Waals surface area contributed by atoms with Gasteiger partial charge in [0.15, 0.2) is 0 Å². The molecule has 2 nitrogen and oxygen atoms in total. The number of nitrogens with zero attached hydrogens (tertiary/aromatic N) is 1. The van der Waals surface area contributed by atoms with Gasteiger partial charge in [-0.3, -0.25) is 0 Å². The summed E-state index contributed by atoms with van der Waals surface area (Å²) in [6.07, 6.45) is 5.10. The van der Waals surface area contributed by atoms with Crippen LogP contribution in [0.4, 0.5) is 0 Å². The molecule has 0 saturated carbocycles. The molecule has 0 aliphatic heterocycles. The van der Waals surface area contributed by atoms with Crippen molar-refractivity contribution in [2.45, 2.75) is 6.42 Å². The highest BCUT2D eigenvalue weighted by molar-refractivity contribution is 5.64. The lowest BCUT2D eigenvalue weighted by Crippen LogP contribution is -1.92. The zero-order valence-electron chi connectivity index (χ0n) is 9.76. The molecule has 0 amide bonds. The number of nitriles is 1. The normalized spacial score (nSPS) is 11.9. The fraction of sp³-hybridized carbons (Fsp3) is 0.0625. The van der Waals surface area contributed by atoms with Crippen LogP contribution in [0, 0.1) is 11.3 Å². The minimum atomic E-state index is 0.557. The summed E-state index contributed by atoms with van der Waals surface area (Å²) in [5.41, 5.74) is 2.94. The van der Waals surface area contributed by atoms with Gasteiger partial charge in [-0.25, -0.2) is 0 Å². The van der Waals surface area contributed by atoms with E-state index in [1.807, 2.05) is 30.3 Å². The Balaban J connectivity index is 1.99. The first-order valence-corrected chi connectivity index (χ1v) is 5.84. The van der Waals surface area contributed by atoms with E-state index in [4.69, 9.17) is 10.00 Å². The highest BCUT2D eigenvalue weighted by Crippen LogP contribution is 2.33. The Hall–Kier alpha value is -2.53. The van der Waals surface area contributed by atoms with Crippen molar-refractivity contribution in [3.8, 4) is 17.6 Å². The molecule has 0 unspecified atom stereocenters. The molecule has 18 heavy (non-hydrogen) atoms. The minimum absolute atomic E-state index is 0.557. The third-order valence-corrected chi connectivity index (χ3v) is 3.02. The fourth-order valence-corrected chi connectivity index (χ4v) is 2.12. The molecule has 0 heterocycles. The molecule has 0 bridgehead atoms. The van der Waals surface area contributed by atoms with Gasteiger partial charge >= 0.3 is 0 Å². The number of benzene rings is 2. The zero-order valence-corrected chi connectivity index (χ0v) is 9.76. The van der Waals surface area contributed by atoms with Gasteiger partial charge in [0.1, 0.15) is 17.6 Å². The lowest BCUT2D eigenvalue weighted by molar-refractivity contribution is 0.476. The first-order valence-electron chi connectivity index (χ1n) is 5.84. The maximum Gasteiger partial charge on any atom is 0.145 e. The summed E-state index contributed by atoms with van der Waals surface area (Å²) in [5, 5.41) is 9.05. The molecule has 1 aliphatic carbocycles. The molecule has 2 heteroatoms. The number of fused-ring (bicyclic) bond motifs is 1. The van der Waals surface area contributed by atoms with E-state index >= 15 is 0 Å². The van der Waals surface area contributed by atoms with Crippen LogP contribution in [0.5, 0.6) is 11.5 Å². The van der Waals surface area contributed by atoms with Crippen LogP contribution >= 0.6 is 0 Å². The Labute approximate surface area is 106 Å². The van der Waals surface area contributed by atoms with Crippen molar-refractivity contribution >= 4 is 6.08 Å². The van der Waals surface area contributed by atoms with E-state index < -0.39 is 0 Å². The lowest BCUT2D eigenvalue weighted by Gasteiger charge is -2.11. The summed E-state index contributed by atoms with van der Waals surface area (Å²) < 4.78 is 5.88. The molecule has 0 radical (unpaired) electrons. The summed E-state index contributed by atoms with van der Waals surface area (Å²) >= 11 is 0. The number of ether oxygens (including phenoxy) is 1. The van der Waals surface area contributed by atoms with Crippen molar-refractivity contribution in [1.29, 1.82) is 5.26 Å². The Kier molecular flexibility index (Phi) is 2.59. The van der Waals surface area contributed by atoms with Gasteiger partial charge in [0.05, 0.1) is 5.56 Å². The van der Waals surface area contributed by atoms with Crippen molar-refractivity contribution in [3.63, 3.8) is 0 Å². The van der Waals surface area contributed by atoms with Crippen LogP contribution in [0.15, 0.2) is 48.5 Å². The molecule has 0 fully saturated rings. The Morgan fingerprint density at radius 2 is 1.83 bits per heavy atom. The van der Waals surface area contributed by atoms with E-state index in [1.165, 1.54) is 11.1 Å². The van der Waals surface area contributed by atoms with Gasteiger partial charge in [-0.2, -0.15) is 5.26 Å². The quantitative estimate of drug-likeness (QED) is 0.787. The van der Waals surface area contributed by atoms with Gasteiger partial charge in [0.2, 0.25) is 0 Å². The van der Waals surface area contributed by atoms with Gasteiger partial charge in [0, 0.05) is 5.56 Å². The molecular weight excluding hydrogens is 222 g/mol. The molecule has 0 aromatic heterocycles. The van der Waals surface area contributed by atoms with Crippen molar-refractivity contribution in [3.05, 3.63) is 65.2 Å². The van der Waals surface area contributed by atoms with Crippen molar-refractivity contribution in [2.75, 3.05) is 0 Å². The minimum Gasteiger partial charge on any atom is -0.456 e. The highest BCUT2D eigenvalue weighted by Gasteiger charge is 2.12. The molecule has 0 atom stereocenters. The van der Waals surface area contributed by atoms with E-state index in [2.05, 4.69) is 24.3 Å². The van der Waals surface area contributed by atoms with Crippen LogP contribution in [-0.4, -0.2) is 0 Å². The number of rotatable bonds is 2. The predicted molar refractivity (Wildman–Crippen MR) is 70.4 cm³/mol. The number of para-hydroxylation sites is 1. The molecule has 0 saturated heterocycles. The van der Waals surface area contributed by atoms with Crippen LogP contribution in [0.3, 0.4) is 0 Å². The average molecular weight is 233 g/mol. The Morgan fingerprint density at radius 1 is 1.00 bits per heavy atom. The molecule has 3 rings (SSSR count). The van der Waals surface area contributed by atoms with Crippen LogP contribution in [-0.2, 0) is 6.42 Å². The van der Waals surface area contributed by atoms with E-state index in [-0.39, 0.29) is 0 Å². The second-order valence-electron chi connectivity index (χ2n) is 4.14. The molecule has 86 valence electrons. The molecular formula is C16H11NO.